The first kappa shape index (κ1) is 15.2. The molecule has 7 heteroatoms. The Hall–Kier alpha value is -3.35. The molecule has 4 aromatic rings. The fourth-order valence-corrected chi connectivity index (χ4v) is 2.54. The summed E-state index contributed by atoms with van der Waals surface area (Å²) < 4.78 is 12.5. The third-order valence-electron chi connectivity index (χ3n) is 3.62. The van der Waals surface area contributed by atoms with Gasteiger partial charge in [0, 0.05) is 17.4 Å². The van der Waals surface area contributed by atoms with Gasteiger partial charge in [0.05, 0.1) is 12.9 Å². The van der Waals surface area contributed by atoms with Gasteiger partial charge in [-0.15, -0.1) is 5.10 Å². The van der Waals surface area contributed by atoms with Crippen molar-refractivity contribution in [1.29, 1.82) is 0 Å². The minimum Gasteiger partial charge on any atom is -0.494 e. The second-order valence-electron chi connectivity index (χ2n) is 5.49. The highest BCUT2D eigenvalue weighted by Gasteiger charge is 2.13. The lowest BCUT2D eigenvalue weighted by Crippen LogP contribution is -2.02. The van der Waals surface area contributed by atoms with Crippen LogP contribution in [0, 0.1) is 6.92 Å². The van der Waals surface area contributed by atoms with Crippen LogP contribution in [0.15, 0.2) is 53.1 Å². The highest BCUT2D eigenvalue weighted by Crippen LogP contribution is 2.23. The van der Waals surface area contributed by atoms with Crippen molar-refractivity contribution in [2.45, 2.75) is 13.8 Å². The van der Waals surface area contributed by atoms with Gasteiger partial charge in [0.2, 0.25) is 5.82 Å². The quantitative estimate of drug-likeness (QED) is 0.597. The van der Waals surface area contributed by atoms with Crippen molar-refractivity contribution in [2.75, 3.05) is 11.9 Å². The van der Waals surface area contributed by atoms with E-state index in [2.05, 4.69) is 20.4 Å². The highest BCUT2D eigenvalue weighted by molar-refractivity contribution is 5.61. The first-order valence-corrected chi connectivity index (χ1v) is 8.01. The highest BCUT2D eigenvalue weighted by atomic mass is 16.5. The maximum atomic E-state index is 5.47. The van der Waals surface area contributed by atoms with Crippen LogP contribution in [0.4, 0.5) is 11.5 Å². The van der Waals surface area contributed by atoms with E-state index in [0.717, 1.165) is 22.9 Å². The SMILES string of the molecule is CCOc1ccc(Nc2cc(C)nc3nc(-c4ccco4)nn23)cc1. The fraction of sp³-hybridized carbons (Fsp3) is 0.167. The molecule has 25 heavy (non-hydrogen) atoms. The van der Waals surface area contributed by atoms with E-state index >= 15 is 0 Å². The van der Waals surface area contributed by atoms with Crippen LogP contribution in [-0.2, 0) is 0 Å². The molecule has 0 amide bonds. The Morgan fingerprint density at radius 2 is 2.00 bits per heavy atom. The second-order valence-corrected chi connectivity index (χ2v) is 5.49. The predicted octanol–water partition coefficient (Wildman–Crippen LogP) is 3.84. The molecule has 1 N–H and O–H groups in total. The maximum Gasteiger partial charge on any atom is 0.255 e. The van der Waals surface area contributed by atoms with Crippen molar-refractivity contribution >= 4 is 17.3 Å². The zero-order chi connectivity index (χ0) is 17.2. The van der Waals surface area contributed by atoms with E-state index in [1.165, 1.54) is 0 Å². The van der Waals surface area contributed by atoms with Crippen LogP contribution >= 0.6 is 0 Å². The summed E-state index contributed by atoms with van der Waals surface area (Å²) in [4.78, 5) is 8.88. The standard InChI is InChI=1S/C18H17N5O2/c1-3-24-14-8-6-13(7-9-14)20-16-11-12(2)19-18-21-17(22-23(16)18)15-5-4-10-25-15/h4-11,20H,3H2,1-2H3. The number of aromatic nitrogens is 4. The summed E-state index contributed by atoms with van der Waals surface area (Å²) in [6, 6.07) is 13.3. The van der Waals surface area contributed by atoms with Crippen molar-refractivity contribution in [3.8, 4) is 17.3 Å². The van der Waals surface area contributed by atoms with Gasteiger partial charge in [0.15, 0.2) is 5.76 Å². The van der Waals surface area contributed by atoms with Crippen molar-refractivity contribution in [1.82, 2.24) is 19.6 Å². The van der Waals surface area contributed by atoms with E-state index in [1.807, 2.05) is 50.2 Å². The topological polar surface area (TPSA) is 77.5 Å². The Balaban J connectivity index is 1.70. The van der Waals surface area contributed by atoms with Crippen LogP contribution in [0.3, 0.4) is 0 Å². The Morgan fingerprint density at radius 1 is 1.16 bits per heavy atom. The average Bonchev–Trinajstić information content (AvgIpc) is 3.25. The van der Waals surface area contributed by atoms with Gasteiger partial charge in [-0.1, -0.05) is 0 Å². The molecule has 0 aliphatic rings. The first-order valence-electron chi connectivity index (χ1n) is 8.01. The van der Waals surface area contributed by atoms with Gasteiger partial charge in [0.1, 0.15) is 11.6 Å². The summed E-state index contributed by atoms with van der Waals surface area (Å²) >= 11 is 0. The molecule has 0 aliphatic heterocycles. The molecule has 1 aromatic carbocycles. The molecule has 0 aliphatic carbocycles. The molecule has 126 valence electrons. The van der Waals surface area contributed by atoms with Crippen LogP contribution < -0.4 is 10.1 Å². The summed E-state index contributed by atoms with van der Waals surface area (Å²) in [7, 11) is 0. The number of aryl methyl sites for hydroxylation is 1. The normalized spacial score (nSPS) is 11.0. The van der Waals surface area contributed by atoms with Crippen LogP contribution in [0.1, 0.15) is 12.6 Å². The van der Waals surface area contributed by atoms with E-state index in [0.29, 0.717) is 24.0 Å². The molecule has 0 bridgehead atoms. The number of anilines is 2. The van der Waals surface area contributed by atoms with Crippen LogP contribution in [0.5, 0.6) is 5.75 Å². The molecule has 4 rings (SSSR count). The molecular formula is C18H17N5O2. The molecule has 0 radical (unpaired) electrons. The molecule has 0 saturated carbocycles. The lowest BCUT2D eigenvalue weighted by Gasteiger charge is -2.09. The van der Waals surface area contributed by atoms with Crippen molar-refractivity contribution in [3.63, 3.8) is 0 Å². The molecule has 3 aromatic heterocycles. The van der Waals surface area contributed by atoms with Gasteiger partial charge in [-0.3, -0.25) is 0 Å². The van der Waals surface area contributed by atoms with E-state index in [9.17, 15) is 0 Å². The van der Waals surface area contributed by atoms with Gasteiger partial charge in [-0.05, 0) is 50.2 Å². The van der Waals surface area contributed by atoms with Crippen LogP contribution in [0.25, 0.3) is 17.4 Å². The predicted molar refractivity (Wildman–Crippen MR) is 94.1 cm³/mol. The average molecular weight is 335 g/mol. The van der Waals surface area contributed by atoms with Gasteiger partial charge in [-0.2, -0.15) is 9.50 Å². The van der Waals surface area contributed by atoms with E-state index < -0.39 is 0 Å². The number of rotatable bonds is 5. The molecule has 0 unspecified atom stereocenters. The Bertz CT molecular complexity index is 990. The summed E-state index contributed by atoms with van der Waals surface area (Å²) in [6.07, 6.45) is 1.60. The van der Waals surface area contributed by atoms with Gasteiger partial charge in [-0.25, -0.2) is 4.98 Å². The van der Waals surface area contributed by atoms with Crippen LogP contribution in [0.2, 0.25) is 0 Å². The number of nitrogens with one attached hydrogen (secondary N) is 1. The molecule has 0 saturated heterocycles. The number of ether oxygens (including phenoxy) is 1. The third kappa shape index (κ3) is 3.03. The lowest BCUT2D eigenvalue weighted by molar-refractivity contribution is 0.340. The molecule has 3 heterocycles. The van der Waals surface area contributed by atoms with E-state index in [1.54, 1.807) is 16.8 Å². The molecule has 0 fully saturated rings. The molecule has 0 spiro atoms. The number of hydrogen-bond acceptors (Lipinski definition) is 6. The van der Waals surface area contributed by atoms with Gasteiger partial charge < -0.3 is 14.5 Å². The first-order chi connectivity index (χ1) is 12.2. The summed E-state index contributed by atoms with van der Waals surface area (Å²) in [5.41, 5.74) is 1.77. The van der Waals surface area contributed by atoms with Crippen molar-refractivity contribution in [2.24, 2.45) is 0 Å². The van der Waals surface area contributed by atoms with Crippen LogP contribution in [-0.4, -0.2) is 26.2 Å². The summed E-state index contributed by atoms with van der Waals surface area (Å²) in [6.45, 7) is 4.53. The Labute approximate surface area is 144 Å². The Kier molecular flexibility index (Phi) is 3.81. The smallest absolute Gasteiger partial charge is 0.255 e. The minimum absolute atomic E-state index is 0.498. The van der Waals surface area contributed by atoms with Gasteiger partial charge >= 0.3 is 0 Å². The third-order valence-corrected chi connectivity index (χ3v) is 3.62. The van der Waals surface area contributed by atoms with E-state index in [4.69, 9.17) is 9.15 Å². The maximum absolute atomic E-state index is 5.47. The molecular weight excluding hydrogens is 318 g/mol. The lowest BCUT2D eigenvalue weighted by atomic mass is 10.3. The zero-order valence-electron chi connectivity index (χ0n) is 13.9. The largest absolute Gasteiger partial charge is 0.494 e. The van der Waals surface area contributed by atoms with Gasteiger partial charge in [0.25, 0.3) is 5.78 Å². The number of fused-ring (bicyclic) bond motifs is 1. The fourth-order valence-electron chi connectivity index (χ4n) is 2.54. The zero-order valence-corrected chi connectivity index (χ0v) is 13.9. The summed E-state index contributed by atoms with van der Waals surface area (Å²) in [5, 5.41) is 7.85. The molecule has 0 atom stereocenters. The van der Waals surface area contributed by atoms with E-state index in [-0.39, 0.29) is 0 Å². The second kappa shape index (κ2) is 6.27. The Morgan fingerprint density at radius 3 is 2.72 bits per heavy atom. The van der Waals surface area contributed by atoms with Crippen molar-refractivity contribution < 1.29 is 9.15 Å². The number of furan rings is 1. The summed E-state index contributed by atoms with van der Waals surface area (Å²) in [5.74, 6) is 3.23. The number of hydrogen-bond donors (Lipinski definition) is 1. The number of benzene rings is 1. The monoisotopic (exact) mass is 335 g/mol. The molecule has 7 nitrogen and oxygen atoms in total. The van der Waals surface area contributed by atoms with Crippen molar-refractivity contribution in [3.05, 3.63) is 54.4 Å². The number of nitrogens with zero attached hydrogens (tertiary/aromatic N) is 4. The minimum atomic E-state index is 0.498.